The Morgan fingerprint density at radius 1 is 1.14 bits per heavy atom. The van der Waals surface area contributed by atoms with Crippen LogP contribution in [0.3, 0.4) is 0 Å². The molecular weight excluding hydrogens is 172 g/mol. The average molecular weight is 200 g/mol. The van der Waals surface area contributed by atoms with Crippen molar-refractivity contribution in [2.24, 2.45) is 5.92 Å². The summed E-state index contributed by atoms with van der Waals surface area (Å²) in [4.78, 5) is 0. The molecule has 86 valence electrons. The van der Waals surface area contributed by atoms with E-state index in [9.17, 15) is 0 Å². The first kappa shape index (κ1) is 13.9. The fraction of sp³-hybridized carbons (Fsp3) is 1.00. The third kappa shape index (κ3) is 6.39. The molecule has 2 heteroatoms. The molecule has 2 nitrogen and oxygen atoms in total. The first-order valence-electron chi connectivity index (χ1n) is 5.91. The summed E-state index contributed by atoms with van der Waals surface area (Å²) in [6, 6.07) is 0. The quantitative estimate of drug-likeness (QED) is 0.644. The summed E-state index contributed by atoms with van der Waals surface area (Å²) in [6.07, 6.45) is 2.85. The molecular formula is C12H28N2. The molecule has 0 aliphatic carbocycles. The molecule has 0 saturated heterocycles. The smallest absolute Gasteiger partial charge is 0.0601 e. The van der Waals surface area contributed by atoms with Gasteiger partial charge >= 0.3 is 0 Å². The standard InChI is InChI=1S/C12H28N2/c1-7-9-13-11(10(3)8-2)14-12(4,5)6/h10-11,13-14H,7-9H2,1-6H3. The van der Waals surface area contributed by atoms with Crippen molar-refractivity contribution in [3.8, 4) is 0 Å². The normalized spacial score (nSPS) is 16.7. The van der Waals surface area contributed by atoms with Gasteiger partial charge in [-0.3, -0.25) is 5.32 Å². The number of rotatable bonds is 6. The lowest BCUT2D eigenvalue weighted by molar-refractivity contribution is 0.247. The van der Waals surface area contributed by atoms with Crippen LogP contribution in [0.5, 0.6) is 0 Å². The van der Waals surface area contributed by atoms with Crippen molar-refractivity contribution in [1.29, 1.82) is 0 Å². The fourth-order valence-corrected chi connectivity index (χ4v) is 1.40. The van der Waals surface area contributed by atoms with Gasteiger partial charge in [0.1, 0.15) is 0 Å². The van der Waals surface area contributed by atoms with E-state index in [4.69, 9.17) is 0 Å². The Morgan fingerprint density at radius 2 is 1.71 bits per heavy atom. The predicted octanol–water partition coefficient (Wildman–Crippen LogP) is 2.75. The van der Waals surface area contributed by atoms with E-state index in [0.717, 1.165) is 6.54 Å². The maximum atomic E-state index is 3.63. The Hall–Kier alpha value is -0.0800. The highest BCUT2D eigenvalue weighted by Gasteiger charge is 2.20. The summed E-state index contributed by atoms with van der Waals surface area (Å²) in [5.74, 6) is 0.681. The molecule has 0 aromatic heterocycles. The Labute approximate surface area is 89.9 Å². The molecule has 0 rings (SSSR count). The second kappa shape index (κ2) is 6.41. The van der Waals surface area contributed by atoms with Crippen molar-refractivity contribution >= 4 is 0 Å². The topological polar surface area (TPSA) is 24.1 Å². The molecule has 2 unspecified atom stereocenters. The second-order valence-corrected chi connectivity index (χ2v) is 5.21. The molecule has 0 fully saturated rings. The van der Waals surface area contributed by atoms with E-state index in [2.05, 4.69) is 52.2 Å². The molecule has 2 atom stereocenters. The molecule has 0 bridgehead atoms. The zero-order chi connectivity index (χ0) is 11.2. The van der Waals surface area contributed by atoms with E-state index in [0.29, 0.717) is 12.1 Å². The molecule has 14 heavy (non-hydrogen) atoms. The van der Waals surface area contributed by atoms with Crippen molar-refractivity contribution in [2.75, 3.05) is 6.54 Å². The lowest BCUT2D eigenvalue weighted by Crippen LogP contribution is -2.54. The van der Waals surface area contributed by atoms with Crippen LogP contribution in [0.25, 0.3) is 0 Å². The Kier molecular flexibility index (Phi) is 6.38. The summed E-state index contributed by atoms with van der Waals surface area (Å²) < 4.78 is 0. The van der Waals surface area contributed by atoms with Gasteiger partial charge in [-0.05, 0) is 39.7 Å². The summed E-state index contributed by atoms with van der Waals surface area (Å²) in [6.45, 7) is 14.5. The van der Waals surface area contributed by atoms with Gasteiger partial charge in [-0.15, -0.1) is 0 Å². The van der Waals surface area contributed by atoms with Gasteiger partial charge in [0.15, 0.2) is 0 Å². The van der Waals surface area contributed by atoms with Crippen LogP contribution >= 0.6 is 0 Å². The molecule has 0 aromatic carbocycles. The minimum absolute atomic E-state index is 0.189. The molecule has 0 heterocycles. The van der Waals surface area contributed by atoms with Crippen LogP contribution in [-0.2, 0) is 0 Å². The van der Waals surface area contributed by atoms with Crippen LogP contribution in [0.4, 0.5) is 0 Å². The van der Waals surface area contributed by atoms with Crippen LogP contribution in [0.15, 0.2) is 0 Å². The van der Waals surface area contributed by atoms with Gasteiger partial charge in [0.25, 0.3) is 0 Å². The highest BCUT2D eigenvalue weighted by Crippen LogP contribution is 2.10. The van der Waals surface area contributed by atoms with Crippen LogP contribution in [0.2, 0.25) is 0 Å². The minimum atomic E-state index is 0.189. The zero-order valence-electron chi connectivity index (χ0n) is 10.8. The Morgan fingerprint density at radius 3 is 2.07 bits per heavy atom. The van der Waals surface area contributed by atoms with Gasteiger partial charge in [-0.25, -0.2) is 0 Å². The third-order valence-electron chi connectivity index (χ3n) is 2.42. The summed E-state index contributed by atoms with van der Waals surface area (Å²) in [7, 11) is 0. The highest BCUT2D eigenvalue weighted by molar-refractivity contribution is 4.79. The number of hydrogen-bond donors (Lipinski definition) is 2. The second-order valence-electron chi connectivity index (χ2n) is 5.21. The van der Waals surface area contributed by atoms with Crippen LogP contribution in [-0.4, -0.2) is 18.2 Å². The van der Waals surface area contributed by atoms with Crippen molar-refractivity contribution in [2.45, 2.75) is 66.1 Å². The van der Waals surface area contributed by atoms with Gasteiger partial charge in [-0.1, -0.05) is 27.2 Å². The third-order valence-corrected chi connectivity index (χ3v) is 2.42. The fourth-order valence-electron chi connectivity index (χ4n) is 1.40. The molecule has 0 amide bonds. The van der Waals surface area contributed by atoms with Crippen LogP contribution in [0.1, 0.15) is 54.4 Å². The molecule has 0 aliphatic rings. The maximum absolute atomic E-state index is 3.63. The molecule has 0 aromatic rings. The zero-order valence-corrected chi connectivity index (χ0v) is 10.8. The summed E-state index contributed by atoms with van der Waals surface area (Å²) in [5, 5.41) is 7.20. The SMILES string of the molecule is CCCNC(NC(C)(C)C)C(C)CC. The average Bonchev–Trinajstić information content (AvgIpc) is 2.09. The molecule has 2 N–H and O–H groups in total. The van der Waals surface area contributed by atoms with Crippen molar-refractivity contribution < 1.29 is 0 Å². The van der Waals surface area contributed by atoms with Gasteiger partial charge in [0, 0.05) is 5.54 Å². The van der Waals surface area contributed by atoms with E-state index in [1.54, 1.807) is 0 Å². The lowest BCUT2D eigenvalue weighted by Gasteiger charge is -2.33. The van der Waals surface area contributed by atoms with Crippen molar-refractivity contribution in [3.05, 3.63) is 0 Å². The van der Waals surface area contributed by atoms with Gasteiger partial charge in [0.05, 0.1) is 6.17 Å². The van der Waals surface area contributed by atoms with Crippen molar-refractivity contribution in [3.63, 3.8) is 0 Å². The molecule has 0 aliphatic heterocycles. The van der Waals surface area contributed by atoms with E-state index in [-0.39, 0.29) is 5.54 Å². The van der Waals surface area contributed by atoms with Gasteiger partial charge in [-0.2, -0.15) is 0 Å². The van der Waals surface area contributed by atoms with Gasteiger partial charge < -0.3 is 5.32 Å². The van der Waals surface area contributed by atoms with E-state index in [1.807, 2.05) is 0 Å². The molecule has 0 radical (unpaired) electrons. The number of hydrogen-bond acceptors (Lipinski definition) is 2. The highest BCUT2D eigenvalue weighted by atomic mass is 15.2. The van der Waals surface area contributed by atoms with Crippen molar-refractivity contribution in [1.82, 2.24) is 10.6 Å². The molecule has 0 saturated carbocycles. The van der Waals surface area contributed by atoms with Gasteiger partial charge in [0.2, 0.25) is 0 Å². The first-order chi connectivity index (χ1) is 6.40. The van der Waals surface area contributed by atoms with E-state index >= 15 is 0 Å². The van der Waals surface area contributed by atoms with Crippen LogP contribution < -0.4 is 10.6 Å². The van der Waals surface area contributed by atoms with E-state index < -0.39 is 0 Å². The predicted molar refractivity (Wildman–Crippen MR) is 64.4 cm³/mol. The minimum Gasteiger partial charge on any atom is -0.302 e. The largest absolute Gasteiger partial charge is 0.302 e. The number of nitrogens with one attached hydrogen (secondary N) is 2. The Bertz CT molecular complexity index is 138. The molecule has 0 spiro atoms. The summed E-state index contributed by atoms with van der Waals surface area (Å²) in [5.41, 5.74) is 0.189. The maximum Gasteiger partial charge on any atom is 0.0601 e. The Balaban J connectivity index is 4.10. The lowest BCUT2D eigenvalue weighted by atomic mass is 10.0. The summed E-state index contributed by atoms with van der Waals surface area (Å²) >= 11 is 0. The van der Waals surface area contributed by atoms with Crippen LogP contribution in [0, 0.1) is 5.92 Å². The monoisotopic (exact) mass is 200 g/mol. The van der Waals surface area contributed by atoms with E-state index in [1.165, 1.54) is 12.8 Å². The first-order valence-corrected chi connectivity index (χ1v) is 5.91.